The highest BCUT2D eigenvalue weighted by atomic mass is 16.6. The minimum atomic E-state index is -0.510. The lowest BCUT2D eigenvalue weighted by Gasteiger charge is -2.31. The van der Waals surface area contributed by atoms with E-state index in [-0.39, 0.29) is 24.1 Å². The molecule has 2 aliphatic heterocycles. The number of fused-ring (bicyclic) bond motifs is 2. The summed E-state index contributed by atoms with van der Waals surface area (Å²) in [7, 11) is 0. The first-order valence-corrected chi connectivity index (χ1v) is 8.61. The molecule has 0 aliphatic carbocycles. The van der Waals surface area contributed by atoms with Crippen LogP contribution in [0, 0.1) is 6.92 Å². The molecule has 2 bridgehead atoms. The number of hydrogen-bond acceptors (Lipinski definition) is 4. The highest BCUT2D eigenvalue weighted by Gasteiger charge is 2.43. The molecular weight excluding hydrogens is 308 g/mol. The van der Waals surface area contributed by atoms with Gasteiger partial charge in [0.1, 0.15) is 5.60 Å². The molecule has 6 nitrogen and oxygen atoms in total. The molecule has 1 aromatic heterocycles. The number of rotatable bonds is 1. The van der Waals surface area contributed by atoms with Gasteiger partial charge in [-0.3, -0.25) is 4.79 Å². The van der Waals surface area contributed by atoms with E-state index >= 15 is 0 Å². The second-order valence-corrected chi connectivity index (χ2v) is 7.75. The van der Waals surface area contributed by atoms with Crippen molar-refractivity contribution in [3.8, 4) is 0 Å². The van der Waals surface area contributed by atoms with E-state index in [1.807, 2.05) is 37.5 Å². The number of likely N-dealkylation sites (tertiary alicyclic amines) is 1. The third-order valence-electron chi connectivity index (χ3n) is 4.73. The number of carbonyl (C=O) groups excluding carboxylic acids is 2. The normalized spacial score (nSPS) is 24.0. The van der Waals surface area contributed by atoms with E-state index in [4.69, 9.17) is 9.15 Å². The molecule has 2 saturated heterocycles. The van der Waals surface area contributed by atoms with Crippen LogP contribution in [0.15, 0.2) is 16.7 Å². The number of hydrogen-bond donors (Lipinski definition) is 0. The molecule has 0 aromatic carbocycles. The van der Waals surface area contributed by atoms with Crippen molar-refractivity contribution in [2.45, 2.75) is 64.6 Å². The molecule has 0 N–H and O–H groups in total. The molecule has 132 valence electrons. The third-order valence-corrected chi connectivity index (χ3v) is 4.73. The van der Waals surface area contributed by atoms with Crippen molar-refractivity contribution >= 4 is 12.0 Å². The van der Waals surface area contributed by atoms with Gasteiger partial charge in [-0.15, -0.1) is 0 Å². The van der Waals surface area contributed by atoms with E-state index in [2.05, 4.69) is 0 Å². The van der Waals surface area contributed by atoms with Crippen LogP contribution in [0.5, 0.6) is 0 Å². The highest BCUT2D eigenvalue weighted by molar-refractivity contribution is 5.93. The van der Waals surface area contributed by atoms with Crippen molar-refractivity contribution in [3.63, 3.8) is 0 Å². The van der Waals surface area contributed by atoms with Crippen LogP contribution in [-0.4, -0.2) is 52.6 Å². The molecule has 3 heterocycles. The predicted molar refractivity (Wildman–Crippen MR) is 88.8 cm³/mol. The first-order chi connectivity index (χ1) is 11.3. The van der Waals surface area contributed by atoms with Crippen LogP contribution >= 0.6 is 0 Å². The topological polar surface area (TPSA) is 63.0 Å². The standard InChI is InChI=1S/C18H26N2O4/c1-12-8-10-23-15(12)16(21)19-9-7-13-5-6-14(11-19)20(13)17(22)24-18(2,3)4/h8,10,13-14H,5-7,9,11H2,1-4H3. The van der Waals surface area contributed by atoms with Gasteiger partial charge in [-0.25, -0.2) is 4.79 Å². The largest absolute Gasteiger partial charge is 0.459 e. The average Bonchev–Trinajstić information content (AvgIpc) is 2.99. The van der Waals surface area contributed by atoms with Crippen molar-refractivity contribution < 1.29 is 18.7 Å². The van der Waals surface area contributed by atoms with Crippen molar-refractivity contribution in [1.82, 2.24) is 9.80 Å². The molecule has 0 spiro atoms. The molecule has 2 aliphatic rings. The summed E-state index contributed by atoms with van der Waals surface area (Å²) in [4.78, 5) is 28.9. The molecule has 2 fully saturated rings. The van der Waals surface area contributed by atoms with Crippen molar-refractivity contribution in [2.24, 2.45) is 0 Å². The molecule has 1 aromatic rings. The summed E-state index contributed by atoms with van der Waals surface area (Å²) in [5.74, 6) is 0.311. The Morgan fingerprint density at radius 2 is 1.92 bits per heavy atom. The average molecular weight is 334 g/mol. The van der Waals surface area contributed by atoms with Gasteiger partial charge in [0, 0.05) is 24.7 Å². The van der Waals surface area contributed by atoms with E-state index in [9.17, 15) is 9.59 Å². The molecule has 0 saturated carbocycles. The molecule has 3 rings (SSSR count). The summed E-state index contributed by atoms with van der Waals surface area (Å²) < 4.78 is 10.9. The first kappa shape index (κ1) is 16.9. The second kappa shape index (κ2) is 6.15. The fourth-order valence-corrected chi connectivity index (χ4v) is 3.61. The first-order valence-electron chi connectivity index (χ1n) is 8.61. The zero-order chi connectivity index (χ0) is 17.5. The number of amides is 2. The van der Waals surface area contributed by atoms with E-state index < -0.39 is 5.60 Å². The summed E-state index contributed by atoms with van der Waals surface area (Å²) in [6.45, 7) is 8.67. The quantitative estimate of drug-likeness (QED) is 0.791. The summed E-state index contributed by atoms with van der Waals surface area (Å²) in [6, 6.07) is 1.97. The third kappa shape index (κ3) is 3.28. The highest BCUT2D eigenvalue weighted by Crippen LogP contribution is 2.32. The maximum atomic E-state index is 12.7. The van der Waals surface area contributed by atoms with E-state index in [0.29, 0.717) is 18.8 Å². The number of furan rings is 1. The zero-order valence-electron chi connectivity index (χ0n) is 14.9. The van der Waals surface area contributed by atoms with Gasteiger partial charge in [-0.2, -0.15) is 0 Å². The molecule has 2 amide bonds. The summed E-state index contributed by atoms with van der Waals surface area (Å²) in [5, 5.41) is 0. The fourth-order valence-electron chi connectivity index (χ4n) is 3.61. The molecule has 0 radical (unpaired) electrons. The van der Waals surface area contributed by atoms with E-state index in [1.54, 1.807) is 12.3 Å². The summed E-state index contributed by atoms with van der Waals surface area (Å²) >= 11 is 0. The number of ether oxygens (including phenoxy) is 1. The lowest BCUT2D eigenvalue weighted by molar-refractivity contribution is 0.0151. The number of carbonyl (C=O) groups is 2. The van der Waals surface area contributed by atoms with Gasteiger partial charge in [-0.1, -0.05) is 0 Å². The Hall–Kier alpha value is -1.98. The lowest BCUT2D eigenvalue weighted by Crippen LogP contribution is -2.46. The number of aryl methyl sites for hydroxylation is 1. The van der Waals surface area contributed by atoms with Gasteiger partial charge in [0.2, 0.25) is 0 Å². The van der Waals surface area contributed by atoms with E-state index in [1.165, 1.54) is 0 Å². The van der Waals surface area contributed by atoms with Gasteiger partial charge in [0.05, 0.1) is 12.3 Å². The predicted octanol–water partition coefficient (Wildman–Crippen LogP) is 3.20. The van der Waals surface area contributed by atoms with Crippen molar-refractivity contribution in [2.75, 3.05) is 13.1 Å². The van der Waals surface area contributed by atoms with Crippen LogP contribution in [0.25, 0.3) is 0 Å². The monoisotopic (exact) mass is 334 g/mol. The van der Waals surface area contributed by atoms with Gasteiger partial charge in [0.15, 0.2) is 5.76 Å². The van der Waals surface area contributed by atoms with Gasteiger partial charge in [-0.05, 0) is 53.0 Å². The Kier molecular flexibility index (Phi) is 4.32. The fraction of sp³-hybridized carbons (Fsp3) is 0.667. The molecule has 6 heteroatoms. The van der Waals surface area contributed by atoms with Crippen molar-refractivity contribution in [3.05, 3.63) is 23.7 Å². The van der Waals surface area contributed by atoms with Crippen LogP contribution in [-0.2, 0) is 4.74 Å². The Morgan fingerprint density at radius 1 is 1.21 bits per heavy atom. The number of nitrogens with zero attached hydrogens (tertiary/aromatic N) is 2. The lowest BCUT2D eigenvalue weighted by atomic mass is 10.1. The zero-order valence-corrected chi connectivity index (χ0v) is 14.9. The Labute approximate surface area is 142 Å². The van der Waals surface area contributed by atoms with Crippen LogP contribution < -0.4 is 0 Å². The smallest absolute Gasteiger partial charge is 0.410 e. The van der Waals surface area contributed by atoms with Crippen LogP contribution in [0.1, 0.15) is 56.2 Å². The molecule has 2 unspecified atom stereocenters. The van der Waals surface area contributed by atoms with Crippen LogP contribution in [0.3, 0.4) is 0 Å². The molecule has 2 atom stereocenters. The van der Waals surface area contributed by atoms with Crippen LogP contribution in [0.2, 0.25) is 0 Å². The summed E-state index contributed by atoms with van der Waals surface area (Å²) in [6.07, 6.45) is 3.94. The Balaban J connectivity index is 1.74. The van der Waals surface area contributed by atoms with Gasteiger partial charge < -0.3 is 19.0 Å². The minimum Gasteiger partial charge on any atom is -0.459 e. The van der Waals surface area contributed by atoms with Gasteiger partial charge >= 0.3 is 6.09 Å². The molecule has 24 heavy (non-hydrogen) atoms. The second-order valence-electron chi connectivity index (χ2n) is 7.75. The minimum absolute atomic E-state index is 0.0200. The molecular formula is C18H26N2O4. The van der Waals surface area contributed by atoms with E-state index in [0.717, 1.165) is 24.8 Å². The Morgan fingerprint density at radius 3 is 2.54 bits per heavy atom. The van der Waals surface area contributed by atoms with Crippen LogP contribution in [0.4, 0.5) is 4.79 Å². The van der Waals surface area contributed by atoms with Gasteiger partial charge in [0.25, 0.3) is 5.91 Å². The van der Waals surface area contributed by atoms with Crippen molar-refractivity contribution in [1.29, 1.82) is 0 Å². The maximum Gasteiger partial charge on any atom is 0.410 e. The SMILES string of the molecule is Cc1ccoc1C(=O)N1CCC2CCC(C1)N2C(=O)OC(C)(C)C. The summed E-state index contributed by atoms with van der Waals surface area (Å²) in [5.41, 5.74) is 0.335. The maximum absolute atomic E-state index is 12.7. The Bertz CT molecular complexity index is 631.